The van der Waals surface area contributed by atoms with Crippen molar-refractivity contribution >= 4 is 5.97 Å². The van der Waals surface area contributed by atoms with Crippen molar-refractivity contribution in [3.8, 4) is 0 Å². The van der Waals surface area contributed by atoms with Crippen LogP contribution in [-0.4, -0.2) is 12.6 Å². The Hall–Kier alpha value is -0.790. The van der Waals surface area contributed by atoms with E-state index in [0.29, 0.717) is 6.61 Å². The number of ether oxygens (including phenoxy) is 1. The second kappa shape index (κ2) is 3.95. The molecule has 0 N–H and O–H groups in total. The van der Waals surface area contributed by atoms with Crippen LogP contribution in [0, 0.1) is 5.41 Å². The molecule has 2 heteroatoms. The first-order valence-electron chi connectivity index (χ1n) is 4.95. The molecule has 0 unspecified atom stereocenters. The maximum Gasteiger partial charge on any atom is 0.315 e. The molecule has 0 radical (unpaired) electrons. The molecule has 0 saturated carbocycles. The quantitative estimate of drug-likeness (QED) is 0.485. The van der Waals surface area contributed by atoms with E-state index in [9.17, 15) is 4.79 Å². The summed E-state index contributed by atoms with van der Waals surface area (Å²) in [7, 11) is 0. The zero-order chi connectivity index (χ0) is 9.90. The maximum absolute atomic E-state index is 11.7. The van der Waals surface area contributed by atoms with Crippen molar-refractivity contribution in [2.24, 2.45) is 5.41 Å². The van der Waals surface area contributed by atoms with Crippen molar-refractivity contribution in [2.45, 2.75) is 40.0 Å². The maximum atomic E-state index is 11.7. The summed E-state index contributed by atoms with van der Waals surface area (Å²) in [6.45, 7) is 6.33. The fourth-order valence-corrected chi connectivity index (χ4v) is 1.75. The number of carbonyl (C=O) groups is 1. The normalized spacial score (nSPS) is 28.1. The van der Waals surface area contributed by atoms with Gasteiger partial charge in [-0.25, -0.2) is 0 Å². The van der Waals surface area contributed by atoms with Gasteiger partial charge < -0.3 is 4.74 Å². The summed E-state index contributed by atoms with van der Waals surface area (Å²) in [5.74, 6) is -0.0662. The van der Waals surface area contributed by atoms with Crippen LogP contribution in [0.25, 0.3) is 0 Å². The molecule has 0 fully saturated rings. The molecule has 0 aliphatic heterocycles. The minimum Gasteiger partial charge on any atom is -0.465 e. The monoisotopic (exact) mass is 182 g/mol. The molecule has 0 aromatic heterocycles. The van der Waals surface area contributed by atoms with Gasteiger partial charge in [0.15, 0.2) is 0 Å². The van der Waals surface area contributed by atoms with E-state index in [1.54, 1.807) is 0 Å². The Balaban J connectivity index is 2.79. The fourth-order valence-electron chi connectivity index (χ4n) is 1.75. The zero-order valence-corrected chi connectivity index (χ0v) is 8.72. The number of carbonyl (C=O) groups excluding carboxylic acids is 1. The van der Waals surface area contributed by atoms with E-state index >= 15 is 0 Å². The molecule has 1 atom stereocenters. The molecule has 0 aromatic carbocycles. The molecular weight excluding hydrogens is 164 g/mol. The zero-order valence-electron chi connectivity index (χ0n) is 8.72. The number of rotatable bonds is 2. The van der Waals surface area contributed by atoms with E-state index in [2.05, 4.69) is 6.08 Å². The predicted octanol–water partition coefficient (Wildman–Crippen LogP) is 2.69. The van der Waals surface area contributed by atoms with Gasteiger partial charge in [-0.2, -0.15) is 0 Å². The van der Waals surface area contributed by atoms with E-state index in [1.807, 2.05) is 20.8 Å². The minimum absolute atomic E-state index is 0.0662. The average molecular weight is 182 g/mol. The highest BCUT2D eigenvalue weighted by Gasteiger charge is 2.37. The van der Waals surface area contributed by atoms with E-state index in [-0.39, 0.29) is 11.4 Å². The van der Waals surface area contributed by atoms with Gasteiger partial charge in [-0.15, -0.1) is 0 Å². The molecule has 0 saturated heterocycles. The van der Waals surface area contributed by atoms with Crippen molar-refractivity contribution in [3.63, 3.8) is 0 Å². The van der Waals surface area contributed by atoms with E-state index in [4.69, 9.17) is 4.74 Å². The van der Waals surface area contributed by atoms with Crippen LogP contribution < -0.4 is 0 Å². The summed E-state index contributed by atoms with van der Waals surface area (Å²) in [5, 5.41) is 0. The van der Waals surface area contributed by atoms with E-state index in [0.717, 1.165) is 24.8 Å². The fraction of sp³-hybridized carbons (Fsp3) is 0.727. The SMILES string of the molecule is CCOC(=O)[C@]1(C)CCCC=C1C. The van der Waals surface area contributed by atoms with E-state index < -0.39 is 0 Å². The van der Waals surface area contributed by atoms with Gasteiger partial charge in [0.2, 0.25) is 0 Å². The van der Waals surface area contributed by atoms with Gasteiger partial charge in [-0.1, -0.05) is 11.6 Å². The minimum atomic E-state index is -0.353. The Kier molecular flexibility index (Phi) is 3.12. The van der Waals surface area contributed by atoms with Gasteiger partial charge in [0.1, 0.15) is 0 Å². The number of hydrogen-bond acceptors (Lipinski definition) is 2. The molecule has 1 aliphatic rings. The smallest absolute Gasteiger partial charge is 0.315 e. The van der Waals surface area contributed by atoms with Crippen LogP contribution >= 0.6 is 0 Å². The summed E-state index contributed by atoms with van der Waals surface area (Å²) < 4.78 is 5.08. The third-order valence-electron chi connectivity index (χ3n) is 2.93. The van der Waals surface area contributed by atoms with Crippen LogP contribution in [0.3, 0.4) is 0 Å². The van der Waals surface area contributed by atoms with Crippen molar-refractivity contribution in [1.82, 2.24) is 0 Å². The van der Waals surface area contributed by atoms with Crippen LogP contribution in [0.5, 0.6) is 0 Å². The standard InChI is InChI=1S/C11H18O2/c1-4-13-10(12)11(3)8-6-5-7-9(11)2/h7H,4-6,8H2,1-3H3/t11-/m1/s1. The molecule has 2 nitrogen and oxygen atoms in total. The van der Waals surface area contributed by atoms with Gasteiger partial charge in [0.05, 0.1) is 12.0 Å². The summed E-state index contributed by atoms with van der Waals surface area (Å²) in [5.41, 5.74) is 0.811. The van der Waals surface area contributed by atoms with Gasteiger partial charge in [-0.3, -0.25) is 4.79 Å². The average Bonchev–Trinajstić information content (AvgIpc) is 2.11. The number of hydrogen-bond donors (Lipinski definition) is 0. The molecule has 0 heterocycles. The lowest BCUT2D eigenvalue weighted by molar-refractivity contribution is -0.152. The first-order chi connectivity index (χ1) is 6.11. The molecule has 0 amide bonds. The molecule has 13 heavy (non-hydrogen) atoms. The topological polar surface area (TPSA) is 26.3 Å². The molecule has 0 spiro atoms. The molecule has 1 rings (SSSR count). The Morgan fingerprint density at radius 2 is 2.38 bits per heavy atom. The molecule has 0 bridgehead atoms. The van der Waals surface area contributed by atoms with E-state index in [1.165, 1.54) is 0 Å². The highest BCUT2D eigenvalue weighted by Crippen LogP contribution is 2.37. The summed E-state index contributed by atoms with van der Waals surface area (Å²) >= 11 is 0. The van der Waals surface area contributed by atoms with Crippen LogP contribution in [0.4, 0.5) is 0 Å². The van der Waals surface area contributed by atoms with Crippen molar-refractivity contribution in [1.29, 1.82) is 0 Å². The lowest BCUT2D eigenvalue weighted by Crippen LogP contribution is -2.32. The molecule has 1 aliphatic carbocycles. The largest absolute Gasteiger partial charge is 0.465 e. The Bertz CT molecular complexity index is 230. The van der Waals surface area contributed by atoms with Gasteiger partial charge >= 0.3 is 5.97 Å². The van der Waals surface area contributed by atoms with Crippen LogP contribution in [0.2, 0.25) is 0 Å². The lowest BCUT2D eigenvalue weighted by Gasteiger charge is -2.31. The lowest BCUT2D eigenvalue weighted by atomic mass is 9.75. The molecule has 0 aromatic rings. The van der Waals surface area contributed by atoms with Crippen molar-refractivity contribution in [2.75, 3.05) is 6.61 Å². The third kappa shape index (κ3) is 1.93. The summed E-state index contributed by atoms with van der Waals surface area (Å²) in [6, 6.07) is 0. The van der Waals surface area contributed by atoms with Crippen LogP contribution in [-0.2, 0) is 9.53 Å². The van der Waals surface area contributed by atoms with Crippen LogP contribution in [0.1, 0.15) is 40.0 Å². The van der Waals surface area contributed by atoms with Gasteiger partial charge in [0.25, 0.3) is 0 Å². The van der Waals surface area contributed by atoms with Crippen molar-refractivity contribution < 1.29 is 9.53 Å². The highest BCUT2D eigenvalue weighted by molar-refractivity contribution is 5.80. The Morgan fingerprint density at radius 1 is 1.69 bits per heavy atom. The van der Waals surface area contributed by atoms with Crippen molar-refractivity contribution in [3.05, 3.63) is 11.6 Å². The Morgan fingerprint density at radius 3 is 2.92 bits per heavy atom. The third-order valence-corrected chi connectivity index (χ3v) is 2.93. The van der Waals surface area contributed by atoms with Gasteiger partial charge in [0, 0.05) is 0 Å². The first kappa shape index (κ1) is 10.3. The second-order valence-corrected chi connectivity index (χ2v) is 3.83. The first-order valence-corrected chi connectivity index (χ1v) is 4.95. The van der Waals surface area contributed by atoms with Gasteiger partial charge in [-0.05, 0) is 40.0 Å². The summed E-state index contributed by atoms with van der Waals surface area (Å²) in [4.78, 5) is 11.7. The summed E-state index contributed by atoms with van der Waals surface area (Å²) in [6.07, 6.45) is 5.27. The Labute approximate surface area is 80.0 Å². The number of esters is 1. The van der Waals surface area contributed by atoms with Crippen LogP contribution in [0.15, 0.2) is 11.6 Å². The highest BCUT2D eigenvalue weighted by atomic mass is 16.5. The predicted molar refractivity (Wildman–Crippen MR) is 52.3 cm³/mol. The second-order valence-electron chi connectivity index (χ2n) is 3.83. The number of allylic oxidation sites excluding steroid dienone is 1. The molecule has 74 valence electrons. The molecular formula is C11H18O2.